The number of amidine groups is 1. The Balaban J connectivity index is 1.14. The number of rotatable bonds is 5. The second-order valence-corrected chi connectivity index (χ2v) is 11.9. The number of likely N-dealkylation sites (tertiary alicyclic amines) is 1. The van der Waals surface area contributed by atoms with Crippen LogP contribution >= 0.6 is 11.3 Å². The molecule has 3 N–H and O–H groups in total. The first kappa shape index (κ1) is 23.4. The zero-order chi connectivity index (χ0) is 25.4. The second-order valence-electron chi connectivity index (χ2n) is 11.0. The van der Waals surface area contributed by atoms with Crippen molar-refractivity contribution in [3.8, 4) is 0 Å². The van der Waals surface area contributed by atoms with Gasteiger partial charge in [-0.2, -0.15) is 0 Å². The van der Waals surface area contributed by atoms with Crippen molar-refractivity contribution in [2.75, 3.05) is 31.1 Å². The van der Waals surface area contributed by atoms with Gasteiger partial charge in [-0.15, -0.1) is 11.3 Å². The third-order valence-electron chi connectivity index (χ3n) is 8.69. The van der Waals surface area contributed by atoms with E-state index in [1.165, 1.54) is 11.3 Å². The van der Waals surface area contributed by atoms with E-state index in [0.717, 1.165) is 54.5 Å². The summed E-state index contributed by atoms with van der Waals surface area (Å²) >= 11 is 1.49. The van der Waals surface area contributed by atoms with Crippen molar-refractivity contribution >= 4 is 34.5 Å². The highest BCUT2D eigenvalue weighted by Gasteiger charge is 2.55. The fourth-order valence-corrected chi connectivity index (χ4v) is 7.29. The first-order valence-corrected chi connectivity index (χ1v) is 13.9. The predicted octanol–water partition coefficient (Wildman–Crippen LogP) is 1.66. The molecule has 194 valence electrons. The molecule has 0 saturated carbocycles. The van der Waals surface area contributed by atoms with Crippen LogP contribution in [0.1, 0.15) is 26.2 Å². The first-order chi connectivity index (χ1) is 17.9. The zero-order valence-corrected chi connectivity index (χ0v) is 21.7. The Bertz CT molecular complexity index is 1250. The third kappa shape index (κ3) is 3.67. The molecule has 7 rings (SSSR count). The first-order valence-electron chi connectivity index (χ1n) is 13.0. The highest BCUT2D eigenvalue weighted by Crippen LogP contribution is 2.42. The Kier molecular flexibility index (Phi) is 5.32. The average molecular weight is 521 g/mol. The lowest BCUT2D eigenvalue weighted by Gasteiger charge is -2.41. The summed E-state index contributed by atoms with van der Waals surface area (Å²) in [5, 5.41) is 4.91. The minimum Gasteiger partial charge on any atom is -0.349 e. The number of ether oxygens (including phenoxy) is 1. The van der Waals surface area contributed by atoms with Gasteiger partial charge >= 0.3 is 0 Å². The van der Waals surface area contributed by atoms with Crippen LogP contribution < -0.4 is 16.1 Å². The summed E-state index contributed by atoms with van der Waals surface area (Å²) in [5.74, 6) is 1.07. The van der Waals surface area contributed by atoms with Gasteiger partial charge in [0, 0.05) is 36.3 Å². The lowest BCUT2D eigenvalue weighted by atomic mass is 9.76. The van der Waals surface area contributed by atoms with Crippen molar-refractivity contribution in [2.24, 2.45) is 27.6 Å². The maximum atomic E-state index is 13.1. The Morgan fingerprint density at radius 1 is 1.41 bits per heavy atom. The van der Waals surface area contributed by atoms with E-state index < -0.39 is 5.66 Å². The molecule has 5 aliphatic heterocycles. The molecule has 0 aromatic carbocycles. The summed E-state index contributed by atoms with van der Waals surface area (Å²) in [4.78, 5) is 31.0. The number of aromatic nitrogens is 1. The van der Waals surface area contributed by atoms with E-state index in [0.29, 0.717) is 13.2 Å². The maximum absolute atomic E-state index is 13.1. The van der Waals surface area contributed by atoms with Crippen molar-refractivity contribution in [1.82, 2.24) is 20.3 Å². The number of piperidine rings is 1. The number of nitrogens with one attached hydrogen (secondary N) is 1. The molecule has 1 aromatic heterocycles. The Hall–Kier alpha value is -2.70. The Morgan fingerprint density at radius 3 is 3.03 bits per heavy atom. The summed E-state index contributed by atoms with van der Waals surface area (Å²) < 4.78 is 5.78. The van der Waals surface area contributed by atoms with Crippen molar-refractivity contribution < 1.29 is 9.53 Å². The molecule has 6 atom stereocenters. The zero-order valence-electron chi connectivity index (χ0n) is 20.9. The lowest BCUT2D eigenvalue weighted by Crippen LogP contribution is -2.56. The highest BCUT2D eigenvalue weighted by molar-refractivity contribution is 7.13. The minimum absolute atomic E-state index is 0.0152. The number of hydrogen-bond acceptors (Lipinski definition) is 10. The van der Waals surface area contributed by atoms with Crippen molar-refractivity contribution in [2.45, 2.75) is 49.7 Å². The number of amides is 1. The van der Waals surface area contributed by atoms with Crippen LogP contribution in [-0.4, -0.2) is 82.7 Å². The molecule has 6 heterocycles. The molecule has 1 amide bonds. The van der Waals surface area contributed by atoms with Gasteiger partial charge in [-0.1, -0.05) is 18.7 Å². The number of thiazole rings is 1. The molecule has 6 aliphatic rings. The molecule has 3 fully saturated rings. The molecule has 37 heavy (non-hydrogen) atoms. The molecular formula is C26H32N8O2S. The minimum atomic E-state index is -0.777. The van der Waals surface area contributed by atoms with Crippen LogP contribution in [0, 0.1) is 11.8 Å². The van der Waals surface area contributed by atoms with E-state index in [1.807, 2.05) is 24.5 Å². The summed E-state index contributed by atoms with van der Waals surface area (Å²) in [5.41, 5.74) is 11.5. The topological polar surface area (TPSA) is 115 Å². The van der Waals surface area contributed by atoms with Crippen LogP contribution in [0.4, 0.5) is 5.13 Å². The SMILES string of the molecule is C=CC1(N2CCCC(N3NC(C4C=CC5=C(C4)CN(c4nccs4)C5=O)C4C3=NC=NC4(C)N)C2)CO1. The van der Waals surface area contributed by atoms with Gasteiger partial charge in [-0.3, -0.25) is 24.6 Å². The van der Waals surface area contributed by atoms with Crippen LogP contribution in [0.15, 0.2) is 57.5 Å². The molecule has 0 radical (unpaired) electrons. The number of carbonyl (C=O) groups excluding carboxylic acids is 1. The number of nitrogens with two attached hydrogens (primary N) is 1. The number of carbonyl (C=O) groups is 1. The fourth-order valence-electron chi connectivity index (χ4n) is 6.65. The van der Waals surface area contributed by atoms with E-state index in [1.54, 1.807) is 17.4 Å². The van der Waals surface area contributed by atoms with Crippen molar-refractivity contribution in [3.63, 3.8) is 0 Å². The average Bonchev–Trinajstić information content (AvgIpc) is 3.20. The molecule has 11 heteroatoms. The number of hydrazine groups is 1. The van der Waals surface area contributed by atoms with Crippen molar-refractivity contribution in [1.29, 1.82) is 0 Å². The number of fused-ring (bicyclic) bond motifs is 1. The van der Waals surface area contributed by atoms with Crippen molar-refractivity contribution in [3.05, 3.63) is 47.5 Å². The molecular weight excluding hydrogens is 488 g/mol. The van der Waals surface area contributed by atoms with Gasteiger partial charge < -0.3 is 10.5 Å². The van der Waals surface area contributed by atoms with Gasteiger partial charge in [-0.05, 0) is 43.8 Å². The summed E-state index contributed by atoms with van der Waals surface area (Å²) in [6.07, 6.45) is 12.4. The summed E-state index contributed by atoms with van der Waals surface area (Å²) in [6, 6.07) is 0.251. The number of hydrogen-bond donors (Lipinski definition) is 2. The molecule has 10 nitrogen and oxygen atoms in total. The van der Waals surface area contributed by atoms with Gasteiger partial charge in [0.1, 0.15) is 17.8 Å². The summed E-state index contributed by atoms with van der Waals surface area (Å²) in [6.45, 7) is 9.15. The molecule has 1 aliphatic carbocycles. The number of anilines is 1. The second kappa shape index (κ2) is 8.40. The van der Waals surface area contributed by atoms with E-state index >= 15 is 0 Å². The van der Waals surface area contributed by atoms with Crippen LogP contribution in [-0.2, 0) is 9.53 Å². The van der Waals surface area contributed by atoms with Crippen LogP contribution in [0.25, 0.3) is 0 Å². The Labute approximate surface area is 220 Å². The van der Waals surface area contributed by atoms with Crippen LogP contribution in [0.5, 0.6) is 0 Å². The smallest absolute Gasteiger partial charge is 0.260 e. The summed E-state index contributed by atoms with van der Waals surface area (Å²) in [7, 11) is 0. The van der Waals surface area contributed by atoms with Gasteiger partial charge in [0.25, 0.3) is 5.91 Å². The molecule has 3 saturated heterocycles. The van der Waals surface area contributed by atoms with Gasteiger partial charge in [0.2, 0.25) is 0 Å². The van der Waals surface area contributed by atoms with Gasteiger partial charge in [0.05, 0.1) is 25.1 Å². The van der Waals surface area contributed by atoms with Gasteiger partial charge in [0.15, 0.2) is 10.9 Å². The number of epoxide rings is 1. The Morgan fingerprint density at radius 2 is 2.27 bits per heavy atom. The van der Waals surface area contributed by atoms with E-state index in [4.69, 9.17) is 15.5 Å². The van der Waals surface area contributed by atoms with Crippen LogP contribution in [0.2, 0.25) is 0 Å². The third-order valence-corrected chi connectivity index (χ3v) is 9.49. The fraction of sp³-hybridized carbons (Fsp3) is 0.538. The maximum Gasteiger partial charge on any atom is 0.260 e. The number of nitrogens with zero attached hydrogens (tertiary/aromatic N) is 6. The van der Waals surface area contributed by atoms with E-state index in [-0.39, 0.29) is 35.6 Å². The largest absolute Gasteiger partial charge is 0.349 e. The quantitative estimate of drug-likeness (QED) is 0.448. The van der Waals surface area contributed by atoms with E-state index in [2.05, 4.69) is 38.0 Å². The highest BCUT2D eigenvalue weighted by atomic mass is 32.1. The standard InChI is InChI=1S/C26H32N8O2S/c1-3-26(14-36-26)32-9-4-5-18(13-32)34-22-20(25(2,27)30-15-29-22)21(31-34)16-6-7-19-17(11-16)12-33(23(19)35)24-28-8-10-37-24/h3,6-8,10,15-16,18,20-21,31H,1,4-5,9,11-14,27H2,2H3. The lowest BCUT2D eigenvalue weighted by molar-refractivity contribution is -0.114. The molecule has 0 bridgehead atoms. The molecule has 0 spiro atoms. The van der Waals surface area contributed by atoms with Gasteiger partial charge in [-0.25, -0.2) is 15.4 Å². The normalized spacial score (nSPS) is 39.2. The van der Waals surface area contributed by atoms with Crippen LogP contribution in [0.3, 0.4) is 0 Å². The number of aliphatic imine (C=N–C) groups is 2. The monoisotopic (exact) mass is 520 g/mol. The molecule has 6 unspecified atom stereocenters. The predicted molar refractivity (Wildman–Crippen MR) is 143 cm³/mol. The van der Waals surface area contributed by atoms with E-state index in [9.17, 15) is 4.79 Å². The molecule has 1 aromatic rings.